The summed E-state index contributed by atoms with van der Waals surface area (Å²) in [6.45, 7) is 1.96. The van der Waals surface area contributed by atoms with E-state index in [0.29, 0.717) is 11.3 Å². The highest BCUT2D eigenvalue weighted by molar-refractivity contribution is 5.92. The fraction of sp³-hybridized carbons (Fsp3) is 0.333. The molecule has 1 aliphatic heterocycles. The number of nitrogens with zero attached hydrogens (tertiary/aromatic N) is 2. The molecule has 25 heavy (non-hydrogen) atoms. The van der Waals surface area contributed by atoms with Crippen molar-refractivity contribution in [1.82, 2.24) is 4.98 Å². The van der Waals surface area contributed by atoms with Gasteiger partial charge in [0.25, 0.3) is 0 Å². The summed E-state index contributed by atoms with van der Waals surface area (Å²) >= 11 is 0. The number of rotatable bonds is 4. The minimum atomic E-state index is -4.41. The summed E-state index contributed by atoms with van der Waals surface area (Å²) in [5, 5.41) is 2.67. The number of anilines is 2. The largest absolute Gasteiger partial charge is 0.416 e. The predicted octanol–water partition coefficient (Wildman–Crippen LogP) is 3.88. The molecular formula is C18H18F3N3O. The Hall–Kier alpha value is -2.57. The molecule has 0 saturated carbocycles. The molecule has 1 N–H and O–H groups in total. The Morgan fingerprint density at radius 1 is 1.16 bits per heavy atom. The lowest BCUT2D eigenvalue weighted by Gasteiger charge is -2.16. The second kappa shape index (κ2) is 7.13. The van der Waals surface area contributed by atoms with Crippen LogP contribution in [0.3, 0.4) is 0 Å². The standard InChI is InChI=1S/C18H18F3N3O/c19-18(20,21)14-5-3-4-13(10-14)11-17(25)23-15-6-7-16(22-12-15)24-8-1-2-9-24/h3-7,10,12H,1-2,8-9,11H2,(H,23,25). The quantitative estimate of drug-likeness (QED) is 0.911. The molecule has 4 nitrogen and oxygen atoms in total. The molecule has 1 fully saturated rings. The van der Waals surface area contributed by atoms with Gasteiger partial charge in [0, 0.05) is 13.1 Å². The summed E-state index contributed by atoms with van der Waals surface area (Å²) in [4.78, 5) is 18.6. The van der Waals surface area contributed by atoms with Gasteiger partial charge in [-0.1, -0.05) is 18.2 Å². The van der Waals surface area contributed by atoms with Crippen LogP contribution < -0.4 is 10.2 Å². The summed E-state index contributed by atoms with van der Waals surface area (Å²) in [6.07, 6.45) is -0.675. The molecule has 0 radical (unpaired) electrons. The lowest BCUT2D eigenvalue weighted by molar-refractivity contribution is -0.137. The van der Waals surface area contributed by atoms with Gasteiger partial charge in [-0.3, -0.25) is 4.79 Å². The Balaban J connectivity index is 1.61. The first kappa shape index (κ1) is 17.3. The molecular weight excluding hydrogens is 331 g/mol. The lowest BCUT2D eigenvalue weighted by Crippen LogP contribution is -2.19. The van der Waals surface area contributed by atoms with Crippen LogP contribution in [0.5, 0.6) is 0 Å². The number of hydrogen-bond acceptors (Lipinski definition) is 3. The second-order valence-corrected chi connectivity index (χ2v) is 6.02. The molecule has 0 aliphatic carbocycles. The van der Waals surface area contributed by atoms with Gasteiger partial charge in [0.15, 0.2) is 0 Å². The van der Waals surface area contributed by atoms with E-state index in [0.717, 1.165) is 43.9 Å². The molecule has 3 rings (SSSR count). The first-order chi connectivity index (χ1) is 11.9. The fourth-order valence-corrected chi connectivity index (χ4v) is 2.84. The highest BCUT2D eigenvalue weighted by atomic mass is 19.4. The van der Waals surface area contributed by atoms with E-state index in [1.165, 1.54) is 12.1 Å². The highest BCUT2D eigenvalue weighted by Crippen LogP contribution is 2.29. The summed E-state index contributed by atoms with van der Waals surface area (Å²) < 4.78 is 38.1. The maximum atomic E-state index is 12.7. The zero-order valence-corrected chi connectivity index (χ0v) is 13.5. The summed E-state index contributed by atoms with van der Waals surface area (Å²) in [7, 11) is 0. The highest BCUT2D eigenvalue weighted by Gasteiger charge is 2.30. The van der Waals surface area contributed by atoms with Crippen molar-refractivity contribution < 1.29 is 18.0 Å². The molecule has 0 spiro atoms. The van der Waals surface area contributed by atoms with Gasteiger partial charge >= 0.3 is 6.18 Å². The first-order valence-corrected chi connectivity index (χ1v) is 8.09. The number of nitrogens with one attached hydrogen (secondary N) is 1. The molecule has 0 bridgehead atoms. The number of aromatic nitrogens is 1. The number of carbonyl (C=O) groups is 1. The van der Waals surface area contributed by atoms with Crippen molar-refractivity contribution in [2.24, 2.45) is 0 Å². The third-order valence-corrected chi connectivity index (χ3v) is 4.08. The van der Waals surface area contributed by atoms with Gasteiger partial charge in [-0.2, -0.15) is 13.2 Å². The molecule has 2 aromatic rings. The van der Waals surface area contributed by atoms with Crippen LogP contribution in [-0.2, 0) is 17.4 Å². The lowest BCUT2D eigenvalue weighted by atomic mass is 10.1. The van der Waals surface area contributed by atoms with E-state index < -0.39 is 11.7 Å². The van der Waals surface area contributed by atoms with E-state index in [9.17, 15) is 18.0 Å². The fourth-order valence-electron chi connectivity index (χ4n) is 2.84. The number of halogens is 3. The third-order valence-electron chi connectivity index (χ3n) is 4.08. The van der Waals surface area contributed by atoms with Gasteiger partial charge in [-0.05, 0) is 36.6 Å². The van der Waals surface area contributed by atoms with Crippen molar-refractivity contribution in [2.45, 2.75) is 25.4 Å². The molecule has 7 heteroatoms. The van der Waals surface area contributed by atoms with Gasteiger partial charge in [0.2, 0.25) is 5.91 Å². The van der Waals surface area contributed by atoms with Crippen molar-refractivity contribution >= 4 is 17.4 Å². The van der Waals surface area contributed by atoms with Gasteiger partial charge in [0.1, 0.15) is 5.82 Å². The van der Waals surface area contributed by atoms with Gasteiger partial charge in [0.05, 0.1) is 23.9 Å². The van der Waals surface area contributed by atoms with Crippen molar-refractivity contribution in [2.75, 3.05) is 23.3 Å². The van der Waals surface area contributed by atoms with Crippen LogP contribution in [-0.4, -0.2) is 24.0 Å². The van der Waals surface area contributed by atoms with Crippen LogP contribution in [0.15, 0.2) is 42.6 Å². The van der Waals surface area contributed by atoms with E-state index >= 15 is 0 Å². The summed E-state index contributed by atoms with van der Waals surface area (Å²) in [5.74, 6) is 0.489. The summed E-state index contributed by atoms with van der Waals surface area (Å²) in [6, 6.07) is 8.38. The van der Waals surface area contributed by atoms with Crippen LogP contribution in [0.4, 0.5) is 24.7 Å². The van der Waals surface area contributed by atoms with Crippen LogP contribution in [0.1, 0.15) is 24.0 Å². The Morgan fingerprint density at radius 2 is 1.92 bits per heavy atom. The Morgan fingerprint density at radius 3 is 2.56 bits per heavy atom. The van der Waals surface area contributed by atoms with Gasteiger partial charge < -0.3 is 10.2 Å². The second-order valence-electron chi connectivity index (χ2n) is 6.02. The molecule has 1 saturated heterocycles. The Labute approximate surface area is 143 Å². The molecule has 0 atom stereocenters. The number of carbonyl (C=O) groups excluding carboxylic acids is 1. The smallest absolute Gasteiger partial charge is 0.357 e. The number of benzene rings is 1. The maximum absolute atomic E-state index is 12.7. The topological polar surface area (TPSA) is 45.2 Å². The normalized spacial score (nSPS) is 14.6. The average Bonchev–Trinajstić information content (AvgIpc) is 3.09. The van der Waals surface area contributed by atoms with Crippen molar-refractivity contribution in [1.29, 1.82) is 0 Å². The zero-order valence-electron chi connectivity index (χ0n) is 13.5. The van der Waals surface area contributed by atoms with Crippen LogP contribution >= 0.6 is 0 Å². The van der Waals surface area contributed by atoms with E-state index in [-0.39, 0.29) is 12.3 Å². The molecule has 1 aromatic carbocycles. The molecule has 0 unspecified atom stereocenters. The van der Waals surface area contributed by atoms with Gasteiger partial charge in [-0.25, -0.2) is 4.98 Å². The summed E-state index contributed by atoms with van der Waals surface area (Å²) in [5.41, 5.74) is 0.0864. The minimum Gasteiger partial charge on any atom is -0.357 e. The van der Waals surface area contributed by atoms with E-state index in [2.05, 4.69) is 15.2 Å². The predicted molar refractivity (Wildman–Crippen MR) is 89.5 cm³/mol. The van der Waals surface area contributed by atoms with Crippen LogP contribution in [0.2, 0.25) is 0 Å². The third kappa shape index (κ3) is 4.49. The maximum Gasteiger partial charge on any atom is 0.416 e. The molecule has 1 amide bonds. The van der Waals surface area contributed by atoms with Crippen LogP contribution in [0, 0.1) is 0 Å². The van der Waals surface area contributed by atoms with Gasteiger partial charge in [-0.15, -0.1) is 0 Å². The van der Waals surface area contributed by atoms with E-state index in [4.69, 9.17) is 0 Å². The first-order valence-electron chi connectivity index (χ1n) is 8.09. The number of hydrogen-bond donors (Lipinski definition) is 1. The van der Waals surface area contributed by atoms with Crippen molar-refractivity contribution in [3.63, 3.8) is 0 Å². The monoisotopic (exact) mass is 349 g/mol. The van der Waals surface area contributed by atoms with E-state index in [1.54, 1.807) is 12.3 Å². The molecule has 1 aromatic heterocycles. The molecule has 2 heterocycles. The molecule has 1 aliphatic rings. The zero-order chi connectivity index (χ0) is 17.9. The molecule has 132 valence electrons. The minimum absolute atomic E-state index is 0.127. The van der Waals surface area contributed by atoms with Crippen LogP contribution in [0.25, 0.3) is 0 Å². The van der Waals surface area contributed by atoms with Crippen molar-refractivity contribution in [3.05, 3.63) is 53.7 Å². The number of alkyl halides is 3. The number of pyridine rings is 1. The number of amides is 1. The Kier molecular flexibility index (Phi) is 4.92. The van der Waals surface area contributed by atoms with Crippen molar-refractivity contribution in [3.8, 4) is 0 Å². The van der Waals surface area contributed by atoms with E-state index in [1.807, 2.05) is 6.07 Å². The SMILES string of the molecule is O=C(Cc1cccc(C(F)(F)F)c1)Nc1ccc(N2CCCC2)nc1. The Bertz CT molecular complexity index is 738. The average molecular weight is 349 g/mol.